The van der Waals surface area contributed by atoms with E-state index in [1.54, 1.807) is 11.3 Å². The summed E-state index contributed by atoms with van der Waals surface area (Å²) in [5, 5.41) is 4.28. The molecule has 3 rings (SSSR count). The summed E-state index contributed by atoms with van der Waals surface area (Å²) in [5.74, 6) is 0.767. The summed E-state index contributed by atoms with van der Waals surface area (Å²) in [4.78, 5) is 15.1. The van der Waals surface area contributed by atoms with Crippen LogP contribution in [0.4, 0.5) is 0 Å². The van der Waals surface area contributed by atoms with Crippen LogP contribution in [0.15, 0.2) is 16.8 Å². The monoisotopic (exact) mass is 321 g/mol. The fourth-order valence-electron chi connectivity index (χ4n) is 3.73. The molecule has 2 fully saturated rings. The standard InChI is InChI=1S/C18H27NO2S/c20-18(11-15-5-4-9-21-13-15)19(12-16-8-10-22-14-16)17-6-2-1-3-7-17/h8,10,14-15,17H,1-7,9,11-13H2/t15-/m1/s1. The third kappa shape index (κ3) is 4.32. The van der Waals surface area contributed by atoms with Crippen molar-refractivity contribution in [3.8, 4) is 0 Å². The number of nitrogens with zero attached hydrogens (tertiary/aromatic N) is 1. The topological polar surface area (TPSA) is 29.5 Å². The maximum absolute atomic E-state index is 12.9. The summed E-state index contributed by atoms with van der Waals surface area (Å²) >= 11 is 1.72. The van der Waals surface area contributed by atoms with Crippen molar-refractivity contribution in [1.29, 1.82) is 0 Å². The SMILES string of the molecule is O=C(C[C@H]1CCCOC1)N(Cc1ccsc1)C1CCCCC1. The highest BCUT2D eigenvalue weighted by Crippen LogP contribution is 2.27. The van der Waals surface area contributed by atoms with E-state index in [1.807, 2.05) is 0 Å². The predicted octanol–water partition coefficient (Wildman–Crippen LogP) is 4.23. The summed E-state index contributed by atoms with van der Waals surface area (Å²) in [6.07, 6.45) is 9.13. The molecule has 4 heteroatoms. The Morgan fingerprint density at radius 3 is 2.77 bits per heavy atom. The molecule has 1 aromatic heterocycles. The molecule has 0 N–H and O–H groups in total. The Morgan fingerprint density at radius 1 is 1.23 bits per heavy atom. The lowest BCUT2D eigenvalue weighted by Crippen LogP contribution is -2.42. The average Bonchev–Trinajstić information content (AvgIpc) is 3.07. The number of amides is 1. The van der Waals surface area contributed by atoms with Crippen LogP contribution >= 0.6 is 11.3 Å². The summed E-state index contributed by atoms with van der Waals surface area (Å²) in [6, 6.07) is 2.60. The second kappa shape index (κ2) is 8.11. The Morgan fingerprint density at radius 2 is 2.09 bits per heavy atom. The van der Waals surface area contributed by atoms with E-state index >= 15 is 0 Å². The zero-order chi connectivity index (χ0) is 15.2. The van der Waals surface area contributed by atoms with E-state index in [0.717, 1.165) is 32.6 Å². The molecule has 1 atom stereocenters. The maximum atomic E-state index is 12.9. The lowest BCUT2D eigenvalue weighted by molar-refractivity contribution is -0.137. The van der Waals surface area contributed by atoms with E-state index in [0.29, 0.717) is 24.3 Å². The number of carbonyl (C=O) groups excluding carboxylic acids is 1. The van der Waals surface area contributed by atoms with E-state index < -0.39 is 0 Å². The Labute approximate surface area is 137 Å². The van der Waals surface area contributed by atoms with Crippen LogP contribution in [0.25, 0.3) is 0 Å². The van der Waals surface area contributed by atoms with Crippen LogP contribution in [0.1, 0.15) is 56.9 Å². The Kier molecular flexibility index (Phi) is 5.90. The van der Waals surface area contributed by atoms with Crippen molar-refractivity contribution in [2.45, 2.75) is 64.0 Å². The summed E-state index contributed by atoms with van der Waals surface area (Å²) < 4.78 is 5.55. The third-order valence-corrected chi connectivity index (χ3v) is 5.72. The second-order valence-electron chi connectivity index (χ2n) is 6.73. The lowest BCUT2D eigenvalue weighted by atomic mass is 9.92. The van der Waals surface area contributed by atoms with Crippen molar-refractivity contribution >= 4 is 17.2 Å². The highest BCUT2D eigenvalue weighted by atomic mass is 32.1. The van der Waals surface area contributed by atoms with Gasteiger partial charge in [-0.3, -0.25) is 4.79 Å². The second-order valence-corrected chi connectivity index (χ2v) is 7.51. The van der Waals surface area contributed by atoms with E-state index in [-0.39, 0.29) is 0 Å². The van der Waals surface area contributed by atoms with Gasteiger partial charge in [-0.1, -0.05) is 19.3 Å². The molecule has 0 unspecified atom stereocenters. The molecular weight excluding hydrogens is 294 g/mol. The van der Waals surface area contributed by atoms with Crippen molar-refractivity contribution in [2.75, 3.05) is 13.2 Å². The van der Waals surface area contributed by atoms with Gasteiger partial charge in [0.2, 0.25) is 5.91 Å². The van der Waals surface area contributed by atoms with Crippen LogP contribution in [0.2, 0.25) is 0 Å². The number of hydrogen-bond acceptors (Lipinski definition) is 3. The molecule has 122 valence electrons. The summed E-state index contributed by atoms with van der Waals surface area (Å²) in [7, 11) is 0. The molecule has 3 nitrogen and oxygen atoms in total. The van der Waals surface area contributed by atoms with Crippen LogP contribution in [0, 0.1) is 5.92 Å². The Hall–Kier alpha value is -0.870. The van der Waals surface area contributed by atoms with Gasteiger partial charge in [0, 0.05) is 32.2 Å². The highest BCUT2D eigenvalue weighted by molar-refractivity contribution is 7.07. The first-order valence-electron chi connectivity index (χ1n) is 8.71. The first-order chi connectivity index (χ1) is 10.8. The van der Waals surface area contributed by atoms with E-state index in [1.165, 1.54) is 37.7 Å². The molecule has 1 amide bonds. The largest absolute Gasteiger partial charge is 0.381 e. The normalized spacial score (nSPS) is 23.4. The van der Waals surface area contributed by atoms with Crippen LogP contribution < -0.4 is 0 Å². The van der Waals surface area contributed by atoms with Crippen LogP contribution in [0.3, 0.4) is 0 Å². The van der Waals surface area contributed by atoms with Crippen LogP contribution in [0.5, 0.6) is 0 Å². The minimum absolute atomic E-state index is 0.341. The third-order valence-electron chi connectivity index (χ3n) is 4.99. The molecule has 2 heterocycles. The fraction of sp³-hybridized carbons (Fsp3) is 0.722. The minimum Gasteiger partial charge on any atom is -0.381 e. The van der Waals surface area contributed by atoms with Crippen molar-refractivity contribution in [2.24, 2.45) is 5.92 Å². The molecule has 1 aliphatic carbocycles. The van der Waals surface area contributed by atoms with Crippen LogP contribution in [-0.4, -0.2) is 30.1 Å². The highest BCUT2D eigenvalue weighted by Gasteiger charge is 2.28. The molecule has 1 aliphatic heterocycles. The predicted molar refractivity (Wildman–Crippen MR) is 89.9 cm³/mol. The Balaban J connectivity index is 1.64. The van der Waals surface area contributed by atoms with Crippen molar-refractivity contribution in [1.82, 2.24) is 4.90 Å². The van der Waals surface area contributed by atoms with Gasteiger partial charge >= 0.3 is 0 Å². The first kappa shape index (κ1) is 16.0. The fourth-order valence-corrected chi connectivity index (χ4v) is 4.39. The molecule has 1 saturated heterocycles. The van der Waals surface area contributed by atoms with Crippen molar-refractivity contribution in [3.63, 3.8) is 0 Å². The smallest absolute Gasteiger partial charge is 0.223 e. The average molecular weight is 321 g/mol. The zero-order valence-corrected chi connectivity index (χ0v) is 14.2. The molecular formula is C18H27NO2S. The van der Waals surface area contributed by atoms with Gasteiger partial charge in [-0.15, -0.1) is 0 Å². The van der Waals surface area contributed by atoms with Crippen LogP contribution in [-0.2, 0) is 16.1 Å². The minimum atomic E-state index is 0.341. The van der Waals surface area contributed by atoms with E-state index in [4.69, 9.17) is 4.74 Å². The maximum Gasteiger partial charge on any atom is 0.223 e. The van der Waals surface area contributed by atoms with Gasteiger partial charge in [0.1, 0.15) is 0 Å². The zero-order valence-electron chi connectivity index (χ0n) is 13.3. The number of ether oxygens (including phenoxy) is 1. The van der Waals surface area contributed by atoms with Gasteiger partial charge in [-0.05, 0) is 54.0 Å². The van der Waals surface area contributed by atoms with E-state index in [9.17, 15) is 4.79 Å². The van der Waals surface area contributed by atoms with Gasteiger partial charge in [-0.25, -0.2) is 0 Å². The molecule has 1 aromatic rings. The molecule has 2 aliphatic rings. The van der Waals surface area contributed by atoms with Crippen molar-refractivity contribution < 1.29 is 9.53 Å². The number of thiophene rings is 1. The van der Waals surface area contributed by atoms with Gasteiger partial charge in [0.25, 0.3) is 0 Å². The number of carbonyl (C=O) groups is 1. The molecule has 0 radical (unpaired) electrons. The van der Waals surface area contributed by atoms with E-state index in [2.05, 4.69) is 21.7 Å². The van der Waals surface area contributed by atoms with Gasteiger partial charge in [-0.2, -0.15) is 11.3 Å². The molecule has 22 heavy (non-hydrogen) atoms. The Bertz CT molecular complexity index is 448. The summed E-state index contributed by atoms with van der Waals surface area (Å²) in [6.45, 7) is 2.43. The van der Waals surface area contributed by atoms with Crippen molar-refractivity contribution in [3.05, 3.63) is 22.4 Å². The number of hydrogen-bond donors (Lipinski definition) is 0. The van der Waals surface area contributed by atoms with Gasteiger partial charge in [0.05, 0.1) is 0 Å². The summed E-state index contributed by atoms with van der Waals surface area (Å²) in [5.41, 5.74) is 1.28. The quantitative estimate of drug-likeness (QED) is 0.812. The molecule has 0 aromatic carbocycles. The van der Waals surface area contributed by atoms with Gasteiger partial charge < -0.3 is 9.64 Å². The molecule has 0 bridgehead atoms. The lowest BCUT2D eigenvalue weighted by Gasteiger charge is -2.35. The first-order valence-corrected chi connectivity index (χ1v) is 9.65. The van der Waals surface area contributed by atoms with Gasteiger partial charge in [0.15, 0.2) is 0 Å². The number of rotatable bonds is 5. The molecule has 1 saturated carbocycles. The molecule has 0 spiro atoms.